The molecule has 1 N–H and O–H groups in total. The number of hydrogen-bond donors (Lipinski definition) is 1. The van der Waals surface area contributed by atoms with Crippen LogP contribution in [0.2, 0.25) is 0 Å². The molecule has 23 heavy (non-hydrogen) atoms. The van der Waals surface area contributed by atoms with Crippen molar-refractivity contribution >= 4 is 17.7 Å². The number of nitrogens with zero attached hydrogens (tertiary/aromatic N) is 2. The number of carbonyl (C=O) groups is 1. The van der Waals surface area contributed by atoms with Gasteiger partial charge in [0.25, 0.3) is 0 Å². The first-order chi connectivity index (χ1) is 11.3. The molecule has 1 amide bonds. The van der Waals surface area contributed by atoms with Crippen LogP contribution in [0.15, 0.2) is 54.9 Å². The highest BCUT2D eigenvalue weighted by molar-refractivity contribution is 5.91. The van der Waals surface area contributed by atoms with E-state index in [2.05, 4.69) is 39.5 Å². The fourth-order valence-electron chi connectivity index (χ4n) is 2.69. The lowest BCUT2D eigenvalue weighted by Crippen LogP contribution is -2.20. The Bertz CT molecular complexity index is 659. The summed E-state index contributed by atoms with van der Waals surface area (Å²) in [5.41, 5.74) is 3.29. The monoisotopic (exact) mass is 307 g/mol. The number of rotatable bonds is 5. The molecule has 0 radical (unpaired) electrons. The summed E-state index contributed by atoms with van der Waals surface area (Å²) in [6, 6.07) is 12.2. The molecular formula is C19H21N3O. The molecule has 2 heterocycles. The Morgan fingerprint density at radius 3 is 2.65 bits per heavy atom. The first-order valence-electron chi connectivity index (χ1n) is 8.01. The normalized spacial score (nSPS) is 14.3. The second-order valence-corrected chi connectivity index (χ2v) is 5.70. The molecule has 3 rings (SSSR count). The minimum atomic E-state index is -0.0996. The molecule has 4 nitrogen and oxygen atoms in total. The number of nitrogens with one attached hydrogen (secondary N) is 1. The predicted molar refractivity (Wildman–Crippen MR) is 93.0 cm³/mol. The van der Waals surface area contributed by atoms with Gasteiger partial charge in [-0.05, 0) is 48.2 Å². The molecule has 0 atom stereocenters. The highest BCUT2D eigenvalue weighted by atomic mass is 16.1. The van der Waals surface area contributed by atoms with E-state index in [0.717, 1.165) is 24.2 Å². The molecule has 0 aliphatic carbocycles. The quantitative estimate of drug-likeness (QED) is 0.864. The van der Waals surface area contributed by atoms with Gasteiger partial charge in [-0.2, -0.15) is 0 Å². The van der Waals surface area contributed by atoms with Gasteiger partial charge in [0.2, 0.25) is 5.91 Å². The molecule has 118 valence electrons. The molecule has 0 unspecified atom stereocenters. The van der Waals surface area contributed by atoms with Crippen LogP contribution in [0, 0.1) is 0 Å². The molecule has 0 spiro atoms. The second kappa shape index (κ2) is 7.58. The van der Waals surface area contributed by atoms with Gasteiger partial charge in [-0.3, -0.25) is 9.78 Å². The molecule has 4 heteroatoms. The zero-order valence-corrected chi connectivity index (χ0v) is 13.1. The van der Waals surface area contributed by atoms with Crippen molar-refractivity contribution in [1.82, 2.24) is 10.3 Å². The fraction of sp³-hybridized carbons (Fsp3) is 0.263. The lowest BCUT2D eigenvalue weighted by molar-refractivity contribution is -0.116. The average Bonchev–Trinajstić information content (AvgIpc) is 3.14. The molecular weight excluding hydrogens is 286 g/mol. The van der Waals surface area contributed by atoms with Crippen molar-refractivity contribution < 1.29 is 4.79 Å². The molecule has 1 aliphatic heterocycles. The minimum absolute atomic E-state index is 0.0996. The van der Waals surface area contributed by atoms with Crippen LogP contribution >= 0.6 is 0 Å². The molecule has 1 fully saturated rings. The number of pyridine rings is 1. The summed E-state index contributed by atoms with van der Waals surface area (Å²) in [4.78, 5) is 18.3. The Morgan fingerprint density at radius 2 is 1.96 bits per heavy atom. The first-order valence-corrected chi connectivity index (χ1v) is 8.01. The Balaban J connectivity index is 1.49. The van der Waals surface area contributed by atoms with Gasteiger partial charge in [0.15, 0.2) is 0 Å². The number of benzene rings is 1. The molecule has 0 saturated carbocycles. The van der Waals surface area contributed by atoms with Crippen molar-refractivity contribution in [3.8, 4) is 0 Å². The zero-order valence-electron chi connectivity index (χ0n) is 13.1. The number of carbonyl (C=O) groups excluding carboxylic acids is 1. The van der Waals surface area contributed by atoms with Crippen molar-refractivity contribution in [2.24, 2.45) is 0 Å². The van der Waals surface area contributed by atoms with E-state index in [1.165, 1.54) is 24.6 Å². The maximum atomic E-state index is 11.8. The van der Waals surface area contributed by atoms with Crippen LogP contribution < -0.4 is 10.2 Å². The van der Waals surface area contributed by atoms with E-state index in [4.69, 9.17) is 0 Å². The SMILES string of the molecule is O=C(C=Cc1cccnc1)NCc1ccc(N2CCCC2)cc1. The van der Waals surface area contributed by atoms with Gasteiger partial charge in [-0.25, -0.2) is 0 Å². The Morgan fingerprint density at radius 1 is 1.17 bits per heavy atom. The van der Waals surface area contributed by atoms with E-state index < -0.39 is 0 Å². The lowest BCUT2D eigenvalue weighted by atomic mass is 10.2. The van der Waals surface area contributed by atoms with Crippen molar-refractivity contribution in [2.45, 2.75) is 19.4 Å². The summed E-state index contributed by atoms with van der Waals surface area (Å²) in [6.07, 6.45) is 9.29. The highest BCUT2D eigenvalue weighted by Gasteiger charge is 2.11. The van der Waals surface area contributed by atoms with E-state index in [0.29, 0.717) is 6.54 Å². The minimum Gasteiger partial charge on any atom is -0.372 e. The number of amides is 1. The van der Waals surface area contributed by atoms with Gasteiger partial charge in [-0.1, -0.05) is 18.2 Å². The second-order valence-electron chi connectivity index (χ2n) is 5.70. The van der Waals surface area contributed by atoms with E-state index in [-0.39, 0.29) is 5.91 Å². The summed E-state index contributed by atoms with van der Waals surface area (Å²) in [5.74, 6) is -0.0996. The predicted octanol–water partition coefficient (Wildman–Crippen LogP) is 3.01. The van der Waals surface area contributed by atoms with Crippen LogP contribution in [0.4, 0.5) is 5.69 Å². The van der Waals surface area contributed by atoms with Crippen LogP contribution in [-0.4, -0.2) is 24.0 Å². The van der Waals surface area contributed by atoms with Crippen molar-refractivity contribution in [1.29, 1.82) is 0 Å². The van der Waals surface area contributed by atoms with Gasteiger partial charge in [0.1, 0.15) is 0 Å². The van der Waals surface area contributed by atoms with Crippen molar-refractivity contribution in [2.75, 3.05) is 18.0 Å². The van der Waals surface area contributed by atoms with E-state index in [1.807, 2.05) is 12.1 Å². The van der Waals surface area contributed by atoms with E-state index in [9.17, 15) is 4.79 Å². The topological polar surface area (TPSA) is 45.2 Å². The third-order valence-electron chi connectivity index (χ3n) is 3.99. The van der Waals surface area contributed by atoms with Gasteiger partial charge >= 0.3 is 0 Å². The summed E-state index contributed by atoms with van der Waals surface area (Å²) in [6.45, 7) is 2.83. The van der Waals surface area contributed by atoms with E-state index >= 15 is 0 Å². The molecule has 1 saturated heterocycles. The number of hydrogen-bond acceptors (Lipinski definition) is 3. The molecule has 1 aliphatic rings. The zero-order chi connectivity index (χ0) is 15.9. The smallest absolute Gasteiger partial charge is 0.244 e. The maximum absolute atomic E-state index is 11.8. The summed E-state index contributed by atoms with van der Waals surface area (Å²) in [5, 5.41) is 2.90. The van der Waals surface area contributed by atoms with Crippen LogP contribution in [0.3, 0.4) is 0 Å². The maximum Gasteiger partial charge on any atom is 0.244 e. The van der Waals surface area contributed by atoms with Crippen LogP contribution in [0.5, 0.6) is 0 Å². The summed E-state index contributed by atoms with van der Waals surface area (Å²) >= 11 is 0. The van der Waals surface area contributed by atoms with E-state index in [1.54, 1.807) is 18.5 Å². The Kier molecular flexibility index (Phi) is 5.04. The fourth-order valence-corrected chi connectivity index (χ4v) is 2.69. The molecule has 1 aromatic carbocycles. The van der Waals surface area contributed by atoms with Crippen LogP contribution in [0.25, 0.3) is 6.08 Å². The Labute approximate surface area is 136 Å². The molecule has 1 aromatic heterocycles. The van der Waals surface area contributed by atoms with Gasteiger partial charge in [0.05, 0.1) is 0 Å². The third-order valence-corrected chi connectivity index (χ3v) is 3.99. The average molecular weight is 307 g/mol. The van der Waals surface area contributed by atoms with Gasteiger partial charge in [0, 0.05) is 43.8 Å². The van der Waals surface area contributed by atoms with Crippen molar-refractivity contribution in [3.63, 3.8) is 0 Å². The van der Waals surface area contributed by atoms with Gasteiger partial charge in [-0.15, -0.1) is 0 Å². The first kappa shape index (κ1) is 15.3. The van der Waals surface area contributed by atoms with Crippen LogP contribution in [-0.2, 0) is 11.3 Å². The summed E-state index contributed by atoms with van der Waals surface area (Å²) < 4.78 is 0. The third kappa shape index (κ3) is 4.42. The lowest BCUT2D eigenvalue weighted by Gasteiger charge is -2.17. The number of aromatic nitrogens is 1. The number of anilines is 1. The molecule has 0 bridgehead atoms. The summed E-state index contributed by atoms with van der Waals surface area (Å²) in [7, 11) is 0. The largest absolute Gasteiger partial charge is 0.372 e. The molecule has 2 aromatic rings. The van der Waals surface area contributed by atoms with Gasteiger partial charge < -0.3 is 10.2 Å². The Hall–Kier alpha value is -2.62. The van der Waals surface area contributed by atoms with Crippen LogP contribution in [0.1, 0.15) is 24.0 Å². The highest BCUT2D eigenvalue weighted by Crippen LogP contribution is 2.20. The van der Waals surface area contributed by atoms with Crippen molar-refractivity contribution in [3.05, 3.63) is 66.0 Å². The standard InChI is InChI=1S/C19H21N3O/c23-19(10-7-16-4-3-11-20-14-16)21-15-17-5-8-18(9-6-17)22-12-1-2-13-22/h3-11,14H,1-2,12-13,15H2,(H,21,23).